The molecule has 3 saturated carbocycles. The molecule has 7 rings (SSSR count). The zero-order valence-electron chi connectivity index (χ0n) is 29.2. The lowest BCUT2D eigenvalue weighted by Gasteiger charge is -2.57. The standard InChI is InChI=1S/C39H48O9/c1-19(2)10-9-11-22(7)13-15-24-29(40)25(14-12-20(3)4)32-28(30(24)41)34(43)38-35(48-38)26-18-27-31(21(5)6)46-37(33(26)42,39(27,38)47-32)17-16-23(8)36(44)45/h10,12-13,16,21,26-27,31,35,40-41H,9,11,14-15,17-18H2,1-8H3,(H,44,45). The molecule has 0 aromatic heterocycles. The largest absolute Gasteiger partial charge is 0.507 e. The van der Waals surface area contributed by atoms with Crippen molar-refractivity contribution in [2.24, 2.45) is 17.8 Å². The molecule has 1 aromatic rings. The lowest BCUT2D eigenvalue weighted by atomic mass is 9.47. The van der Waals surface area contributed by atoms with Gasteiger partial charge in [0.05, 0.1) is 12.0 Å². The molecule has 48 heavy (non-hydrogen) atoms. The van der Waals surface area contributed by atoms with Gasteiger partial charge in [-0.15, -0.1) is 0 Å². The second kappa shape index (κ2) is 11.7. The fraction of sp³-hybridized carbons (Fsp3) is 0.564. The highest BCUT2D eigenvalue weighted by atomic mass is 16.7. The smallest absolute Gasteiger partial charge is 0.330 e. The van der Waals surface area contributed by atoms with E-state index in [0.717, 1.165) is 24.0 Å². The molecule has 7 unspecified atom stereocenters. The normalized spacial score (nSPS) is 32.8. The van der Waals surface area contributed by atoms with Gasteiger partial charge >= 0.3 is 5.97 Å². The number of allylic oxidation sites excluding steroid dienone is 6. The molecule has 3 aliphatic heterocycles. The van der Waals surface area contributed by atoms with Crippen molar-refractivity contribution in [2.75, 3.05) is 0 Å². The number of carbonyl (C=O) groups is 3. The van der Waals surface area contributed by atoms with E-state index in [-0.39, 0.29) is 64.9 Å². The summed E-state index contributed by atoms with van der Waals surface area (Å²) in [6.45, 7) is 15.4. The van der Waals surface area contributed by atoms with Crippen LogP contribution in [0, 0.1) is 17.8 Å². The second-order valence-electron chi connectivity index (χ2n) is 15.2. The highest BCUT2D eigenvalue weighted by molar-refractivity contribution is 6.15. The van der Waals surface area contributed by atoms with Crippen LogP contribution in [0.15, 0.2) is 46.6 Å². The van der Waals surface area contributed by atoms with E-state index >= 15 is 4.79 Å². The van der Waals surface area contributed by atoms with Crippen molar-refractivity contribution in [3.05, 3.63) is 63.3 Å². The predicted molar refractivity (Wildman–Crippen MR) is 179 cm³/mol. The van der Waals surface area contributed by atoms with E-state index in [9.17, 15) is 24.9 Å². The average Bonchev–Trinajstić information content (AvgIpc) is 3.73. The predicted octanol–water partition coefficient (Wildman–Crippen LogP) is 6.73. The molecule has 3 heterocycles. The minimum absolute atomic E-state index is 0.0369. The summed E-state index contributed by atoms with van der Waals surface area (Å²) >= 11 is 0. The van der Waals surface area contributed by atoms with Crippen LogP contribution in [-0.4, -0.2) is 61.9 Å². The number of epoxide rings is 1. The van der Waals surface area contributed by atoms with Crippen LogP contribution < -0.4 is 4.74 Å². The van der Waals surface area contributed by atoms with Crippen molar-refractivity contribution in [3.63, 3.8) is 0 Å². The number of phenolic OH excluding ortho intramolecular Hbond substituents is 2. The summed E-state index contributed by atoms with van der Waals surface area (Å²) in [7, 11) is 0. The maximum Gasteiger partial charge on any atom is 0.330 e. The van der Waals surface area contributed by atoms with Crippen molar-refractivity contribution in [1.29, 1.82) is 0 Å². The van der Waals surface area contributed by atoms with Crippen LogP contribution in [0.4, 0.5) is 0 Å². The Labute approximate surface area is 282 Å². The van der Waals surface area contributed by atoms with Crippen LogP contribution >= 0.6 is 0 Å². The molecule has 7 atom stereocenters. The third-order valence-corrected chi connectivity index (χ3v) is 11.2. The van der Waals surface area contributed by atoms with Crippen molar-refractivity contribution in [3.8, 4) is 17.2 Å². The highest BCUT2D eigenvalue weighted by Crippen LogP contribution is 2.76. The Hall–Kier alpha value is -3.69. The average molecular weight is 661 g/mol. The lowest BCUT2D eigenvalue weighted by Crippen LogP contribution is -2.80. The Balaban J connectivity index is 1.55. The van der Waals surface area contributed by atoms with Crippen LogP contribution in [0.5, 0.6) is 17.2 Å². The molecule has 6 aliphatic rings. The van der Waals surface area contributed by atoms with Gasteiger partial charge in [-0.05, 0) is 79.6 Å². The first-order valence-corrected chi connectivity index (χ1v) is 17.1. The van der Waals surface area contributed by atoms with Gasteiger partial charge in [-0.3, -0.25) is 9.59 Å². The first-order valence-electron chi connectivity index (χ1n) is 17.1. The maximum atomic E-state index is 15.0. The van der Waals surface area contributed by atoms with Gasteiger partial charge in [0, 0.05) is 29.0 Å². The third-order valence-electron chi connectivity index (χ3n) is 11.2. The Morgan fingerprint density at radius 2 is 1.58 bits per heavy atom. The van der Waals surface area contributed by atoms with E-state index in [4.69, 9.17) is 14.2 Å². The van der Waals surface area contributed by atoms with E-state index in [1.54, 1.807) is 0 Å². The summed E-state index contributed by atoms with van der Waals surface area (Å²) in [6, 6.07) is 0. The topological polar surface area (TPSA) is 143 Å². The van der Waals surface area contributed by atoms with Crippen LogP contribution in [-0.2, 0) is 31.9 Å². The van der Waals surface area contributed by atoms with Crippen molar-refractivity contribution < 1.29 is 43.9 Å². The Kier molecular flexibility index (Phi) is 8.35. The number of fused-ring (bicyclic) bond motifs is 1. The van der Waals surface area contributed by atoms with Crippen LogP contribution in [0.3, 0.4) is 0 Å². The monoisotopic (exact) mass is 660 g/mol. The van der Waals surface area contributed by atoms with Gasteiger partial charge in [0.1, 0.15) is 28.9 Å². The molecular weight excluding hydrogens is 612 g/mol. The Morgan fingerprint density at radius 3 is 2.21 bits per heavy atom. The molecule has 1 aromatic carbocycles. The summed E-state index contributed by atoms with van der Waals surface area (Å²) in [6.07, 6.45) is 8.69. The molecule has 2 spiro atoms. The van der Waals surface area contributed by atoms with Gasteiger partial charge in [-0.2, -0.15) is 0 Å². The van der Waals surface area contributed by atoms with Gasteiger partial charge < -0.3 is 29.5 Å². The first-order chi connectivity index (χ1) is 22.6. The quantitative estimate of drug-likeness (QED) is 0.134. The third kappa shape index (κ3) is 4.60. The van der Waals surface area contributed by atoms with Crippen LogP contribution in [0.1, 0.15) is 103 Å². The number of hydrogen-bond donors (Lipinski definition) is 3. The molecule has 0 amide bonds. The number of carboxylic acids is 1. The number of aliphatic carboxylic acids is 1. The van der Waals surface area contributed by atoms with Crippen LogP contribution in [0.2, 0.25) is 0 Å². The minimum Gasteiger partial charge on any atom is -0.507 e. The van der Waals surface area contributed by atoms with Gasteiger partial charge in [-0.25, -0.2) is 4.79 Å². The van der Waals surface area contributed by atoms with Gasteiger partial charge in [0.25, 0.3) is 0 Å². The Bertz CT molecular complexity index is 1720. The highest BCUT2D eigenvalue weighted by Gasteiger charge is 2.96. The van der Waals surface area contributed by atoms with E-state index < -0.39 is 52.6 Å². The first kappa shape index (κ1) is 34.2. The fourth-order valence-corrected chi connectivity index (χ4v) is 8.83. The molecular formula is C39H48O9. The SMILES string of the molecule is CC(C)=CCCC(C)=CCc1c(O)c(CC=C(C)C)c2c(c1O)C(=O)C13OC1C1CC4C(C(C)C)OC(CC=C(C)C(=O)O)(C1=O)C43O2. The zero-order chi connectivity index (χ0) is 35.1. The summed E-state index contributed by atoms with van der Waals surface area (Å²) in [5, 5.41) is 33.4. The molecule has 3 aliphatic carbocycles. The number of Topliss-reactive ketones (excluding diaryl/α,β-unsaturated/α-hetero) is 2. The molecule has 4 bridgehead atoms. The Morgan fingerprint density at radius 1 is 0.917 bits per heavy atom. The summed E-state index contributed by atoms with van der Waals surface area (Å²) in [5.74, 6) is -3.45. The second-order valence-corrected chi connectivity index (χ2v) is 15.2. The number of ketones is 2. The van der Waals surface area contributed by atoms with Crippen molar-refractivity contribution in [2.45, 2.75) is 123 Å². The molecule has 2 saturated heterocycles. The molecule has 0 radical (unpaired) electrons. The number of phenols is 2. The van der Waals surface area contributed by atoms with Gasteiger partial charge in [0.2, 0.25) is 11.4 Å². The van der Waals surface area contributed by atoms with Crippen LogP contribution in [0.25, 0.3) is 0 Å². The van der Waals surface area contributed by atoms with Crippen molar-refractivity contribution >= 4 is 17.5 Å². The van der Waals surface area contributed by atoms with Gasteiger partial charge in [0.15, 0.2) is 17.0 Å². The fourth-order valence-electron chi connectivity index (χ4n) is 8.83. The van der Waals surface area contributed by atoms with E-state index in [0.29, 0.717) is 12.0 Å². The van der Waals surface area contributed by atoms with Crippen molar-refractivity contribution in [1.82, 2.24) is 0 Å². The molecule has 9 heteroatoms. The summed E-state index contributed by atoms with van der Waals surface area (Å²) in [4.78, 5) is 41.4. The van der Waals surface area contributed by atoms with E-state index in [2.05, 4.69) is 19.9 Å². The lowest BCUT2D eigenvalue weighted by molar-refractivity contribution is -0.190. The minimum atomic E-state index is -1.70. The number of aromatic hydroxyl groups is 2. The number of hydrogen-bond acceptors (Lipinski definition) is 8. The molecule has 3 N–H and O–H groups in total. The summed E-state index contributed by atoms with van der Waals surface area (Å²) < 4.78 is 20.3. The van der Waals surface area contributed by atoms with Gasteiger partial charge in [-0.1, -0.05) is 54.9 Å². The molecule has 258 valence electrons. The van der Waals surface area contributed by atoms with E-state index in [1.807, 2.05) is 46.8 Å². The molecule has 9 nitrogen and oxygen atoms in total. The number of ether oxygens (including phenoxy) is 3. The summed E-state index contributed by atoms with van der Waals surface area (Å²) in [5.41, 5.74) is -1.02. The molecule has 5 fully saturated rings. The number of carbonyl (C=O) groups excluding carboxylic acids is 2. The number of rotatable bonds is 11. The zero-order valence-corrected chi connectivity index (χ0v) is 29.2. The van der Waals surface area contributed by atoms with E-state index in [1.165, 1.54) is 18.6 Å². The number of carboxylic acid groups (broad SMARTS) is 1. The number of benzene rings is 1. The maximum absolute atomic E-state index is 15.0.